The molecule has 1 amide bonds. The second-order valence-corrected chi connectivity index (χ2v) is 9.37. The van der Waals surface area contributed by atoms with E-state index in [-0.39, 0.29) is 16.4 Å². The normalized spacial score (nSPS) is 12.3. The maximum Gasteiger partial charge on any atom is 0.264 e. The van der Waals surface area contributed by atoms with Gasteiger partial charge in [-0.05, 0) is 61.4 Å². The number of amides is 1. The Morgan fingerprint density at radius 2 is 1.71 bits per heavy atom. The molecule has 31 heavy (non-hydrogen) atoms. The van der Waals surface area contributed by atoms with Gasteiger partial charge in [0.05, 0.1) is 16.6 Å². The summed E-state index contributed by atoms with van der Waals surface area (Å²) < 4.78 is 40.8. The summed E-state index contributed by atoms with van der Waals surface area (Å²) in [4.78, 5) is 12.8. The zero-order valence-electron chi connectivity index (χ0n) is 17.0. The molecular weight excluding hydrogens is 439 g/mol. The third-order valence-electron chi connectivity index (χ3n) is 4.81. The van der Waals surface area contributed by atoms with Crippen molar-refractivity contribution in [3.05, 3.63) is 94.8 Å². The first-order chi connectivity index (χ1) is 14.7. The molecule has 0 saturated carbocycles. The predicted molar refractivity (Wildman–Crippen MR) is 120 cm³/mol. The van der Waals surface area contributed by atoms with Crippen molar-refractivity contribution in [2.45, 2.75) is 24.8 Å². The van der Waals surface area contributed by atoms with E-state index in [2.05, 4.69) is 5.32 Å². The molecule has 0 aliphatic rings. The van der Waals surface area contributed by atoms with Gasteiger partial charge in [0.25, 0.3) is 10.0 Å². The average Bonchev–Trinajstić information content (AvgIpc) is 2.75. The van der Waals surface area contributed by atoms with Gasteiger partial charge >= 0.3 is 0 Å². The van der Waals surface area contributed by atoms with E-state index < -0.39 is 28.5 Å². The minimum absolute atomic E-state index is 0.0612. The van der Waals surface area contributed by atoms with Gasteiger partial charge in [0.1, 0.15) is 12.4 Å². The number of hydrogen-bond donors (Lipinski definition) is 1. The van der Waals surface area contributed by atoms with Crippen molar-refractivity contribution in [3.8, 4) is 0 Å². The Balaban J connectivity index is 1.90. The van der Waals surface area contributed by atoms with Crippen molar-refractivity contribution >= 4 is 33.2 Å². The van der Waals surface area contributed by atoms with E-state index in [1.807, 2.05) is 0 Å². The first kappa shape index (κ1) is 22.8. The van der Waals surface area contributed by atoms with Gasteiger partial charge in [0.15, 0.2) is 0 Å². The zero-order chi connectivity index (χ0) is 22.6. The molecule has 0 aromatic heterocycles. The van der Waals surface area contributed by atoms with E-state index in [0.717, 1.165) is 9.87 Å². The van der Waals surface area contributed by atoms with E-state index in [9.17, 15) is 17.6 Å². The first-order valence-electron chi connectivity index (χ1n) is 9.57. The van der Waals surface area contributed by atoms with Crippen molar-refractivity contribution in [2.75, 3.05) is 10.8 Å². The SMILES string of the molecule is Cc1ccc(N(CC(=O)N[C@@H](C)c2ccc(F)cc2)S(=O)(=O)c2ccccc2)cc1Cl. The number of carbonyl (C=O) groups excluding carboxylic acids is 1. The van der Waals surface area contributed by atoms with E-state index in [1.165, 1.54) is 30.3 Å². The van der Waals surface area contributed by atoms with Crippen molar-refractivity contribution in [1.29, 1.82) is 0 Å². The van der Waals surface area contributed by atoms with Crippen molar-refractivity contribution in [2.24, 2.45) is 0 Å². The number of halogens is 2. The summed E-state index contributed by atoms with van der Waals surface area (Å²) in [6.45, 7) is 3.10. The molecule has 0 unspecified atom stereocenters. The molecule has 5 nitrogen and oxygen atoms in total. The van der Waals surface area contributed by atoms with Crippen LogP contribution >= 0.6 is 11.6 Å². The summed E-state index contributed by atoms with van der Waals surface area (Å²) in [5.41, 5.74) is 1.77. The number of sulfonamides is 1. The molecule has 3 rings (SSSR count). The Morgan fingerprint density at radius 1 is 1.06 bits per heavy atom. The quantitative estimate of drug-likeness (QED) is 0.547. The molecule has 0 fully saturated rings. The van der Waals surface area contributed by atoms with E-state index in [0.29, 0.717) is 10.6 Å². The molecule has 0 heterocycles. The summed E-state index contributed by atoms with van der Waals surface area (Å²) in [6.07, 6.45) is 0. The number of rotatable bonds is 7. The molecule has 3 aromatic carbocycles. The van der Waals surface area contributed by atoms with Gasteiger partial charge in [0.2, 0.25) is 5.91 Å². The second kappa shape index (κ2) is 9.49. The van der Waals surface area contributed by atoms with Crippen LogP contribution in [0.2, 0.25) is 5.02 Å². The van der Waals surface area contributed by atoms with Gasteiger partial charge < -0.3 is 5.32 Å². The van der Waals surface area contributed by atoms with E-state index >= 15 is 0 Å². The van der Waals surface area contributed by atoms with Gasteiger partial charge in [-0.15, -0.1) is 0 Å². The van der Waals surface area contributed by atoms with E-state index in [1.54, 1.807) is 56.3 Å². The fourth-order valence-electron chi connectivity index (χ4n) is 3.02. The highest BCUT2D eigenvalue weighted by molar-refractivity contribution is 7.92. The molecule has 162 valence electrons. The molecule has 1 N–H and O–H groups in total. The smallest absolute Gasteiger partial charge is 0.264 e. The maximum atomic E-state index is 13.3. The molecular formula is C23H22ClFN2O3S. The molecule has 1 atom stereocenters. The fourth-order valence-corrected chi connectivity index (χ4v) is 4.63. The van der Waals surface area contributed by atoms with Gasteiger partial charge in [0, 0.05) is 5.02 Å². The fraction of sp³-hybridized carbons (Fsp3) is 0.174. The largest absolute Gasteiger partial charge is 0.348 e. The average molecular weight is 461 g/mol. The van der Waals surface area contributed by atoms with Crippen molar-refractivity contribution < 1.29 is 17.6 Å². The van der Waals surface area contributed by atoms with Crippen LogP contribution in [0.5, 0.6) is 0 Å². The number of nitrogens with one attached hydrogen (secondary N) is 1. The molecule has 0 radical (unpaired) electrons. The third-order valence-corrected chi connectivity index (χ3v) is 7.00. The molecule has 8 heteroatoms. The number of hydrogen-bond acceptors (Lipinski definition) is 3. The molecule has 0 spiro atoms. The lowest BCUT2D eigenvalue weighted by atomic mass is 10.1. The highest BCUT2D eigenvalue weighted by Gasteiger charge is 2.28. The van der Waals surface area contributed by atoms with E-state index in [4.69, 9.17) is 11.6 Å². The summed E-state index contributed by atoms with van der Waals surface area (Å²) in [6, 6.07) is 18.0. The number of aryl methyl sites for hydroxylation is 1. The zero-order valence-corrected chi connectivity index (χ0v) is 18.6. The monoisotopic (exact) mass is 460 g/mol. The summed E-state index contributed by atoms with van der Waals surface area (Å²) in [5, 5.41) is 3.16. The Bertz CT molecular complexity index is 1170. The van der Waals surface area contributed by atoms with Crippen LogP contribution in [0, 0.1) is 12.7 Å². The van der Waals surface area contributed by atoms with Crippen LogP contribution < -0.4 is 9.62 Å². The lowest BCUT2D eigenvalue weighted by Crippen LogP contribution is -2.41. The predicted octanol–water partition coefficient (Wildman–Crippen LogP) is 4.86. The minimum atomic E-state index is -4.02. The molecule has 0 aliphatic heterocycles. The first-order valence-corrected chi connectivity index (χ1v) is 11.4. The van der Waals surface area contributed by atoms with Crippen LogP contribution in [0.3, 0.4) is 0 Å². The van der Waals surface area contributed by atoms with Gasteiger partial charge in [-0.1, -0.05) is 48.0 Å². The maximum absolute atomic E-state index is 13.3. The second-order valence-electron chi connectivity index (χ2n) is 7.10. The van der Waals surface area contributed by atoms with Gasteiger partial charge in [-0.3, -0.25) is 9.10 Å². The number of nitrogens with zero attached hydrogens (tertiary/aromatic N) is 1. The van der Waals surface area contributed by atoms with Crippen molar-refractivity contribution in [3.63, 3.8) is 0 Å². The minimum Gasteiger partial charge on any atom is -0.348 e. The topological polar surface area (TPSA) is 66.5 Å². The molecule has 0 bridgehead atoms. The number of carbonyl (C=O) groups is 1. The van der Waals surface area contributed by atoms with Crippen LogP contribution in [-0.4, -0.2) is 20.9 Å². The van der Waals surface area contributed by atoms with Gasteiger partial charge in [-0.25, -0.2) is 12.8 Å². The summed E-state index contributed by atoms with van der Waals surface area (Å²) in [5.74, 6) is -0.883. The Labute approximate surface area is 186 Å². The highest BCUT2D eigenvalue weighted by atomic mass is 35.5. The number of benzene rings is 3. The van der Waals surface area contributed by atoms with Crippen LogP contribution in [0.4, 0.5) is 10.1 Å². The van der Waals surface area contributed by atoms with Crippen molar-refractivity contribution in [1.82, 2.24) is 5.32 Å². The van der Waals surface area contributed by atoms with Crippen LogP contribution in [0.15, 0.2) is 77.7 Å². The molecule has 0 aliphatic carbocycles. The summed E-state index contributed by atoms with van der Waals surface area (Å²) >= 11 is 6.22. The molecule has 0 saturated heterocycles. The van der Waals surface area contributed by atoms with Gasteiger partial charge in [-0.2, -0.15) is 0 Å². The van der Waals surface area contributed by atoms with Crippen LogP contribution in [-0.2, 0) is 14.8 Å². The Morgan fingerprint density at radius 3 is 2.32 bits per heavy atom. The van der Waals surface area contributed by atoms with Crippen LogP contribution in [0.1, 0.15) is 24.1 Å². The third kappa shape index (κ3) is 5.42. The summed E-state index contributed by atoms with van der Waals surface area (Å²) in [7, 11) is -4.02. The highest BCUT2D eigenvalue weighted by Crippen LogP contribution is 2.28. The lowest BCUT2D eigenvalue weighted by Gasteiger charge is -2.25. The Hall–Kier alpha value is -2.90. The number of anilines is 1. The standard InChI is InChI=1S/C23H22ClFN2O3S/c1-16-8-13-20(14-22(16)24)27(31(29,30)21-6-4-3-5-7-21)15-23(28)26-17(2)18-9-11-19(25)12-10-18/h3-14,17H,15H2,1-2H3,(H,26,28)/t17-/m0/s1. The van der Waals surface area contributed by atoms with Crippen LogP contribution in [0.25, 0.3) is 0 Å². The Kier molecular flexibility index (Phi) is 6.97. The molecule has 3 aromatic rings. The lowest BCUT2D eigenvalue weighted by molar-refractivity contribution is -0.120.